The molecule has 1 N–H and O–H groups in total. The fourth-order valence-electron chi connectivity index (χ4n) is 2.32. The van der Waals surface area contributed by atoms with Crippen LogP contribution in [-0.2, 0) is 0 Å². The topological polar surface area (TPSA) is 71.3 Å². The van der Waals surface area contributed by atoms with E-state index in [2.05, 4.69) is 15.2 Å². The molecule has 0 radical (unpaired) electrons. The van der Waals surface area contributed by atoms with Crippen LogP contribution in [0, 0.1) is 17.0 Å². The minimum atomic E-state index is -0.367. The smallest absolute Gasteiger partial charge is 0.274 e. The van der Waals surface area contributed by atoms with Gasteiger partial charge >= 0.3 is 0 Å². The van der Waals surface area contributed by atoms with Crippen LogP contribution in [0.3, 0.4) is 0 Å². The van der Waals surface area contributed by atoms with E-state index >= 15 is 0 Å². The molecule has 112 valence electrons. The SMILES string of the molecule is Cc1c([N+](=O)[O-])ccc2c(NCCCN(C)C)ccnc12. The first kappa shape index (κ1) is 15.2. The standard InChI is InChI=1S/C15H20N4O2/c1-11-14(19(20)21)6-5-12-13(7-9-17-15(11)12)16-8-4-10-18(2)3/h5-7,9H,4,8,10H2,1-3H3,(H,16,17). The Morgan fingerprint density at radius 1 is 1.33 bits per heavy atom. The highest BCUT2D eigenvalue weighted by molar-refractivity contribution is 5.94. The van der Waals surface area contributed by atoms with Crippen LogP contribution >= 0.6 is 0 Å². The summed E-state index contributed by atoms with van der Waals surface area (Å²) in [5, 5.41) is 15.3. The van der Waals surface area contributed by atoms with Gasteiger partial charge in [-0.1, -0.05) is 0 Å². The van der Waals surface area contributed by atoms with Crippen molar-refractivity contribution in [2.45, 2.75) is 13.3 Å². The van der Waals surface area contributed by atoms with Crippen molar-refractivity contribution in [1.82, 2.24) is 9.88 Å². The third-order valence-electron chi connectivity index (χ3n) is 3.43. The number of nitrogens with zero attached hydrogens (tertiary/aromatic N) is 3. The molecule has 0 saturated carbocycles. The molecule has 21 heavy (non-hydrogen) atoms. The Bertz CT molecular complexity index is 655. The van der Waals surface area contributed by atoms with Crippen LogP contribution in [0.2, 0.25) is 0 Å². The summed E-state index contributed by atoms with van der Waals surface area (Å²) in [7, 11) is 4.09. The molecule has 0 spiro atoms. The van der Waals surface area contributed by atoms with E-state index in [9.17, 15) is 10.1 Å². The highest BCUT2D eigenvalue weighted by Crippen LogP contribution is 2.29. The van der Waals surface area contributed by atoms with Crippen molar-refractivity contribution in [3.05, 3.63) is 40.1 Å². The molecule has 0 aliphatic heterocycles. The molecule has 0 amide bonds. The van der Waals surface area contributed by atoms with E-state index in [1.165, 1.54) is 0 Å². The monoisotopic (exact) mass is 288 g/mol. The predicted octanol–water partition coefficient (Wildman–Crippen LogP) is 2.82. The number of anilines is 1. The quantitative estimate of drug-likeness (QED) is 0.503. The van der Waals surface area contributed by atoms with Crippen LogP contribution in [0.5, 0.6) is 0 Å². The number of nitro groups is 1. The van der Waals surface area contributed by atoms with E-state index < -0.39 is 0 Å². The lowest BCUT2D eigenvalue weighted by molar-refractivity contribution is -0.385. The van der Waals surface area contributed by atoms with Gasteiger partial charge in [0.2, 0.25) is 0 Å². The van der Waals surface area contributed by atoms with Gasteiger partial charge in [0.25, 0.3) is 5.69 Å². The second-order valence-corrected chi connectivity index (χ2v) is 5.31. The zero-order valence-corrected chi connectivity index (χ0v) is 12.6. The number of hydrogen-bond donors (Lipinski definition) is 1. The number of aryl methyl sites for hydroxylation is 1. The Morgan fingerprint density at radius 2 is 2.10 bits per heavy atom. The molecular formula is C15H20N4O2. The van der Waals surface area contributed by atoms with Gasteiger partial charge in [-0.3, -0.25) is 15.1 Å². The maximum Gasteiger partial charge on any atom is 0.274 e. The van der Waals surface area contributed by atoms with Crippen molar-refractivity contribution in [3.8, 4) is 0 Å². The first-order chi connectivity index (χ1) is 10.0. The molecule has 0 bridgehead atoms. The van der Waals surface area contributed by atoms with E-state index in [1.54, 1.807) is 25.3 Å². The molecule has 6 nitrogen and oxygen atoms in total. The summed E-state index contributed by atoms with van der Waals surface area (Å²) in [6.45, 7) is 3.61. The first-order valence-electron chi connectivity index (χ1n) is 6.92. The van der Waals surface area contributed by atoms with Gasteiger partial charge in [-0.05, 0) is 46.1 Å². The van der Waals surface area contributed by atoms with Gasteiger partial charge < -0.3 is 10.2 Å². The number of fused-ring (bicyclic) bond motifs is 1. The Balaban J connectivity index is 2.26. The van der Waals surface area contributed by atoms with Crippen LogP contribution in [0.25, 0.3) is 10.9 Å². The zero-order chi connectivity index (χ0) is 15.4. The third-order valence-corrected chi connectivity index (χ3v) is 3.43. The molecule has 0 atom stereocenters. The zero-order valence-electron chi connectivity index (χ0n) is 12.6. The second-order valence-electron chi connectivity index (χ2n) is 5.31. The largest absolute Gasteiger partial charge is 0.384 e. The van der Waals surface area contributed by atoms with Crippen LogP contribution in [0.4, 0.5) is 11.4 Å². The van der Waals surface area contributed by atoms with Gasteiger partial charge in [0.1, 0.15) is 0 Å². The summed E-state index contributed by atoms with van der Waals surface area (Å²) in [6, 6.07) is 5.22. The Morgan fingerprint density at radius 3 is 2.76 bits per heavy atom. The maximum atomic E-state index is 11.0. The number of rotatable bonds is 6. The van der Waals surface area contributed by atoms with Crippen molar-refractivity contribution in [3.63, 3.8) is 0 Å². The Labute approximate surface area is 123 Å². The second kappa shape index (κ2) is 6.49. The lowest BCUT2D eigenvalue weighted by Gasteiger charge is -2.12. The van der Waals surface area contributed by atoms with Crippen LogP contribution in [0.1, 0.15) is 12.0 Å². The summed E-state index contributed by atoms with van der Waals surface area (Å²) >= 11 is 0. The van der Waals surface area contributed by atoms with Gasteiger partial charge in [-0.2, -0.15) is 0 Å². The van der Waals surface area contributed by atoms with E-state index in [1.807, 2.05) is 20.2 Å². The molecule has 0 aliphatic rings. The minimum Gasteiger partial charge on any atom is -0.384 e. The van der Waals surface area contributed by atoms with Crippen molar-refractivity contribution < 1.29 is 4.92 Å². The molecule has 0 saturated heterocycles. The minimum absolute atomic E-state index is 0.111. The molecule has 6 heteroatoms. The Kier molecular flexibility index (Phi) is 4.70. The van der Waals surface area contributed by atoms with Gasteiger partial charge in [-0.25, -0.2) is 0 Å². The normalized spacial score (nSPS) is 11.0. The summed E-state index contributed by atoms with van der Waals surface area (Å²) in [4.78, 5) is 17.0. The third kappa shape index (κ3) is 3.46. The average Bonchev–Trinajstić information content (AvgIpc) is 2.43. The fraction of sp³-hybridized carbons (Fsp3) is 0.400. The van der Waals surface area contributed by atoms with Crippen molar-refractivity contribution in [2.75, 3.05) is 32.5 Å². The summed E-state index contributed by atoms with van der Waals surface area (Å²) < 4.78 is 0. The van der Waals surface area contributed by atoms with Crippen LogP contribution in [-0.4, -0.2) is 42.0 Å². The molecular weight excluding hydrogens is 268 g/mol. The summed E-state index contributed by atoms with van der Waals surface area (Å²) in [6.07, 6.45) is 2.72. The average molecular weight is 288 g/mol. The number of nitro benzene ring substituents is 1. The van der Waals surface area contributed by atoms with Gasteiger partial charge in [-0.15, -0.1) is 0 Å². The van der Waals surface area contributed by atoms with Crippen molar-refractivity contribution in [2.24, 2.45) is 0 Å². The molecule has 1 aromatic carbocycles. The van der Waals surface area contributed by atoms with Crippen LogP contribution < -0.4 is 5.32 Å². The summed E-state index contributed by atoms with van der Waals surface area (Å²) in [5.74, 6) is 0. The van der Waals surface area contributed by atoms with Crippen molar-refractivity contribution >= 4 is 22.3 Å². The number of pyridine rings is 1. The highest BCUT2D eigenvalue weighted by Gasteiger charge is 2.15. The lowest BCUT2D eigenvalue weighted by atomic mass is 10.1. The van der Waals surface area contributed by atoms with Crippen molar-refractivity contribution in [1.29, 1.82) is 0 Å². The van der Waals surface area contributed by atoms with E-state index in [4.69, 9.17) is 0 Å². The first-order valence-corrected chi connectivity index (χ1v) is 6.92. The number of aromatic nitrogens is 1. The number of hydrogen-bond acceptors (Lipinski definition) is 5. The van der Waals surface area contributed by atoms with Gasteiger partial charge in [0, 0.05) is 29.9 Å². The predicted molar refractivity (Wildman–Crippen MR) is 84.8 cm³/mol. The molecule has 1 heterocycles. The van der Waals surface area contributed by atoms with E-state index in [0.717, 1.165) is 30.6 Å². The molecule has 1 aromatic heterocycles. The van der Waals surface area contributed by atoms with Gasteiger partial charge in [0.15, 0.2) is 0 Å². The summed E-state index contributed by atoms with van der Waals surface area (Å²) in [5.41, 5.74) is 2.37. The lowest BCUT2D eigenvalue weighted by Crippen LogP contribution is -2.16. The fourth-order valence-corrected chi connectivity index (χ4v) is 2.32. The van der Waals surface area contributed by atoms with E-state index in [0.29, 0.717) is 11.1 Å². The molecule has 2 rings (SSSR count). The molecule has 0 fully saturated rings. The highest BCUT2D eigenvalue weighted by atomic mass is 16.6. The maximum absolute atomic E-state index is 11.0. The molecule has 2 aromatic rings. The molecule has 0 unspecified atom stereocenters. The molecule has 0 aliphatic carbocycles. The van der Waals surface area contributed by atoms with Crippen LogP contribution in [0.15, 0.2) is 24.4 Å². The van der Waals surface area contributed by atoms with Gasteiger partial charge in [0.05, 0.1) is 16.0 Å². The Hall–Kier alpha value is -2.21. The number of nitrogens with one attached hydrogen (secondary N) is 1. The van der Waals surface area contributed by atoms with E-state index in [-0.39, 0.29) is 10.6 Å². The number of benzene rings is 1.